The molecule has 0 aliphatic rings. The summed E-state index contributed by atoms with van der Waals surface area (Å²) in [6.45, 7) is 4.51. The molecule has 1 amide bonds. The summed E-state index contributed by atoms with van der Waals surface area (Å²) in [5.41, 5.74) is 0.166. The van der Waals surface area contributed by atoms with Gasteiger partial charge in [-0.05, 0) is 31.4 Å². The van der Waals surface area contributed by atoms with Gasteiger partial charge >= 0.3 is 0 Å². The van der Waals surface area contributed by atoms with Gasteiger partial charge in [-0.25, -0.2) is 0 Å². The fraction of sp³-hybridized carbons (Fsp3) is 0.286. The third-order valence-corrected chi connectivity index (χ3v) is 3.67. The van der Waals surface area contributed by atoms with Crippen LogP contribution in [0.1, 0.15) is 29.1 Å². The number of hydrogen-bond acceptors (Lipinski definition) is 3. The summed E-state index contributed by atoms with van der Waals surface area (Å²) in [7, 11) is 0. The lowest BCUT2D eigenvalue weighted by molar-refractivity contribution is 0.0692. The van der Waals surface area contributed by atoms with Crippen molar-refractivity contribution in [1.29, 1.82) is 0 Å². The van der Waals surface area contributed by atoms with Crippen LogP contribution in [0.3, 0.4) is 0 Å². The smallest absolute Gasteiger partial charge is 0.254 e. The van der Waals surface area contributed by atoms with Crippen molar-refractivity contribution in [3.05, 3.63) is 56.6 Å². The van der Waals surface area contributed by atoms with E-state index in [0.29, 0.717) is 12.1 Å². The lowest BCUT2D eigenvalue weighted by Gasteiger charge is -2.26. The average Bonchev–Trinajstić information content (AvgIpc) is 2.87. The van der Waals surface area contributed by atoms with Gasteiger partial charge in [-0.15, -0.1) is 11.3 Å². The summed E-state index contributed by atoms with van der Waals surface area (Å²) in [4.78, 5) is 29.1. The van der Waals surface area contributed by atoms with Crippen LogP contribution in [0.5, 0.6) is 0 Å². The normalized spacial score (nSPS) is 10.7. The molecular formula is C14H16N2O2S. The predicted molar refractivity (Wildman–Crippen MR) is 76.4 cm³/mol. The van der Waals surface area contributed by atoms with E-state index in [0.717, 1.165) is 4.88 Å². The SMILES string of the molecule is CC(C)N(Cc1cccs1)C(=O)c1cc[nH]c(=O)c1. The van der Waals surface area contributed by atoms with Gasteiger partial charge < -0.3 is 9.88 Å². The van der Waals surface area contributed by atoms with Crippen molar-refractivity contribution in [2.75, 3.05) is 0 Å². The monoisotopic (exact) mass is 276 g/mol. The number of aromatic nitrogens is 1. The molecule has 1 N–H and O–H groups in total. The molecule has 2 rings (SSSR count). The number of nitrogens with one attached hydrogen (secondary N) is 1. The van der Waals surface area contributed by atoms with Gasteiger partial charge in [-0.2, -0.15) is 0 Å². The highest BCUT2D eigenvalue weighted by molar-refractivity contribution is 7.09. The number of rotatable bonds is 4. The Morgan fingerprint density at radius 2 is 2.21 bits per heavy atom. The zero-order valence-electron chi connectivity index (χ0n) is 10.9. The molecule has 0 atom stereocenters. The molecule has 0 aromatic carbocycles. The third kappa shape index (κ3) is 3.32. The van der Waals surface area contributed by atoms with Crippen LogP contribution >= 0.6 is 11.3 Å². The maximum Gasteiger partial charge on any atom is 0.254 e. The number of aromatic amines is 1. The topological polar surface area (TPSA) is 53.2 Å². The maximum atomic E-state index is 12.4. The first kappa shape index (κ1) is 13.5. The van der Waals surface area contributed by atoms with Crippen molar-refractivity contribution in [3.8, 4) is 0 Å². The van der Waals surface area contributed by atoms with Crippen molar-refractivity contribution in [1.82, 2.24) is 9.88 Å². The molecule has 100 valence electrons. The Hall–Kier alpha value is -1.88. The van der Waals surface area contributed by atoms with Crippen LogP contribution in [-0.4, -0.2) is 21.8 Å². The van der Waals surface area contributed by atoms with Gasteiger partial charge in [0.05, 0.1) is 6.54 Å². The molecule has 5 heteroatoms. The van der Waals surface area contributed by atoms with Gasteiger partial charge in [0.25, 0.3) is 5.91 Å². The van der Waals surface area contributed by atoms with Crippen molar-refractivity contribution in [2.45, 2.75) is 26.4 Å². The Morgan fingerprint density at radius 3 is 2.79 bits per heavy atom. The van der Waals surface area contributed by atoms with E-state index >= 15 is 0 Å². The molecule has 0 bridgehead atoms. The highest BCUT2D eigenvalue weighted by Crippen LogP contribution is 2.16. The fourth-order valence-electron chi connectivity index (χ4n) is 1.80. The largest absolute Gasteiger partial charge is 0.331 e. The second-order valence-corrected chi connectivity index (χ2v) is 5.58. The van der Waals surface area contributed by atoms with Crippen LogP contribution in [0, 0.1) is 0 Å². The summed E-state index contributed by atoms with van der Waals surface area (Å²) < 4.78 is 0. The van der Waals surface area contributed by atoms with Crippen molar-refractivity contribution in [3.63, 3.8) is 0 Å². The van der Waals surface area contributed by atoms with Crippen LogP contribution < -0.4 is 5.56 Å². The van der Waals surface area contributed by atoms with E-state index in [2.05, 4.69) is 4.98 Å². The van der Waals surface area contributed by atoms with Gasteiger partial charge in [-0.1, -0.05) is 6.07 Å². The maximum absolute atomic E-state index is 12.4. The second kappa shape index (κ2) is 5.84. The first-order valence-electron chi connectivity index (χ1n) is 6.10. The van der Waals surface area contributed by atoms with Gasteiger partial charge in [0.2, 0.25) is 5.56 Å². The lowest BCUT2D eigenvalue weighted by Crippen LogP contribution is -2.36. The number of nitrogens with zero attached hydrogens (tertiary/aromatic N) is 1. The van der Waals surface area contributed by atoms with E-state index in [-0.39, 0.29) is 17.5 Å². The minimum atomic E-state index is -0.259. The summed E-state index contributed by atoms with van der Waals surface area (Å²) in [6.07, 6.45) is 1.50. The molecule has 4 nitrogen and oxygen atoms in total. The molecule has 0 unspecified atom stereocenters. The minimum Gasteiger partial charge on any atom is -0.331 e. The first-order chi connectivity index (χ1) is 9.08. The number of amides is 1. The van der Waals surface area contributed by atoms with E-state index in [9.17, 15) is 9.59 Å². The van der Waals surface area contributed by atoms with Gasteiger partial charge in [0.15, 0.2) is 0 Å². The molecule has 0 radical (unpaired) electrons. The number of pyridine rings is 1. The highest BCUT2D eigenvalue weighted by atomic mass is 32.1. The predicted octanol–water partition coefficient (Wildman–Crippen LogP) is 2.49. The van der Waals surface area contributed by atoms with Crippen molar-refractivity contribution in [2.24, 2.45) is 0 Å². The summed E-state index contributed by atoms with van der Waals surface area (Å²) in [6, 6.07) is 7.02. The van der Waals surface area contributed by atoms with Crippen LogP contribution in [-0.2, 0) is 6.54 Å². The molecule has 2 aromatic heterocycles. The highest BCUT2D eigenvalue weighted by Gasteiger charge is 2.19. The van der Waals surface area contributed by atoms with Gasteiger partial charge in [0.1, 0.15) is 0 Å². The zero-order valence-corrected chi connectivity index (χ0v) is 11.7. The van der Waals surface area contributed by atoms with Crippen molar-refractivity contribution < 1.29 is 4.79 Å². The second-order valence-electron chi connectivity index (χ2n) is 4.55. The molecule has 0 spiro atoms. The molecule has 2 aromatic rings. The Kier molecular flexibility index (Phi) is 4.16. The third-order valence-electron chi connectivity index (χ3n) is 2.81. The van der Waals surface area contributed by atoms with Crippen molar-refractivity contribution >= 4 is 17.2 Å². The lowest BCUT2D eigenvalue weighted by atomic mass is 10.2. The van der Waals surface area contributed by atoms with Crippen LogP contribution in [0.2, 0.25) is 0 Å². The van der Waals surface area contributed by atoms with Gasteiger partial charge in [-0.3, -0.25) is 9.59 Å². The Morgan fingerprint density at radius 1 is 1.42 bits per heavy atom. The Labute approximate surface area is 115 Å². The minimum absolute atomic E-state index is 0.0777. The summed E-state index contributed by atoms with van der Waals surface area (Å²) in [5.74, 6) is -0.116. The van der Waals surface area contributed by atoms with E-state index in [4.69, 9.17) is 0 Å². The number of carbonyl (C=O) groups is 1. The van der Waals surface area contributed by atoms with E-state index in [1.165, 1.54) is 12.3 Å². The first-order valence-corrected chi connectivity index (χ1v) is 6.98. The number of carbonyl (C=O) groups excluding carboxylic acids is 1. The van der Waals surface area contributed by atoms with Crippen LogP contribution in [0.25, 0.3) is 0 Å². The molecule has 0 saturated carbocycles. The zero-order chi connectivity index (χ0) is 13.8. The molecule has 0 saturated heterocycles. The number of H-pyrrole nitrogens is 1. The quantitative estimate of drug-likeness (QED) is 0.932. The Bertz CT molecular complexity index is 602. The van der Waals surface area contributed by atoms with Gasteiger partial charge in [0, 0.05) is 28.7 Å². The molecule has 19 heavy (non-hydrogen) atoms. The average molecular weight is 276 g/mol. The van der Waals surface area contributed by atoms with E-state index < -0.39 is 0 Å². The van der Waals surface area contributed by atoms with Crippen LogP contribution in [0.15, 0.2) is 40.6 Å². The summed E-state index contributed by atoms with van der Waals surface area (Å²) in [5, 5.41) is 1.99. The van der Waals surface area contributed by atoms with E-state index in [1.54, 1.807) is 22.3 Å². The molecular weight excluding hydrogens is 260 g/mol. The number of thiophene rings is 1. The Balaban J connectivity index is 2.24. The molecule has 0 fully saturated rings. The molecule has 0 aliphatic heterocycles. The molecule has 0 aliphatic carbocycles. The summed E-state index contributed by atoms with van der Waals surface area (Å²) >= 11 is 1.62. The standard InChI is InChI=1S/C14H16N2O2S/c1-10(2)16(9-12-4-3-7-19-12)14(18)11-5-6-15-13(17)8-11/h3-8,10H,9H2,1-2H3,(H,15,17). The fourth-order valence-corrected chi connectivity index (χ4v) is 2.51. The molecule has 2 heterocycles. The van der Waals surface area contributed by atoms with E-state index in [1.807, 2.05) is 31.4 Å². The number of hydrogen-bond donors (Lipinski definition) is 1. The van der Waals surface area contributed by atoms with Crippen LogP contribution in [0.4, 0.5) is 0 Å².